The maximum Gasteiger partial charge on any atom is 0.276 e. The third-order valence-corrected chi connectivity index (χ3v) is 6.56. The van der Waals surface area contributed by atoms with E-state index in [4.69, 9.17) is 32.7 Å². The van der Waals surface area contributed by atoms with E-state index in [1.807, 2.05) is 13.0 Å². The van der Waals surface area contributed by atoms with Crippen molar-refractivity contribution in [2.45, 2.75) is 25.3 Å². The smallest absolute Gasteiger partial charge is 0.276 e. The van der Waals surface area contributed by atoms with Gasteiger partial charge in [0.15, 0.2) is 11.5 Å². The fraction of sp³-hybridized carbons (Fsp3) is 0.174. The van der Waals surface area contributed by atoms with Crippen LogP contribution in [0.15, 0.2) is 64.6 Å². The number of hydrazone groups is 1. The van der Waals surface area contributed by atoms with Crippen LogP contribution in [0, 0.1) is 13.8 Å². The normalized spacial score (nSPS) is 11.5. The summed E-state index contributed by atoms with van der Waals surface area (Å²) in [5.74, 6) is 0.975. The minimum Gasteiger partial charge on any atom is -0.493 e. The molecule has 3 aromatic carbocycles. The van der Waals surface area contributed by atoms with Crippen molar-refractivity contribution in [1.82, 2.24) is 4.83 Å². The van der Waals surface area contributed by atoms with Gasteiger partial charge in [-0.3, -0.25) is 0 Å². The van der Waals surface area contributed by atoms with Gasteiger partial charge in [0.2, 0.25) is 0 Å². The van der Waals surface area contributed by atoms with E-state index in [0.717, 1.165) is 11.1 Å². The van der Waals surface area contributed by atoms with Crippen LogP contribution < -0.4 is 14.3 Å². The van der Waals surface area contributed by atoms with E-state index < -0.39 is 10.0 Å². The number of rotatable bonds is 8. The number of halogens is 2. The average molecular weight is 493 g/mol. The number of sulfonamides is 1. The van der Waals surface area contributed by atoms with E-state index in [1.54, 1.807) is 55.5 Å². The van der Waals surface area contributed by atoms with E-state index >= 15 is 0 Å². The van der Waals surface area contributed by atoms with Gasteiger partial charge in [-0.1, -0.05) is 41.4 Å². The number of nitrogens with zero attached hydrogens (tertiary/aromatic N) is 1. The van der Waals surface area contributed by atoms with Gasteiger partial charge in [-0.25, -0.2) is 4.83 Å². The van der Waals surface area contributed by atoms with Crippen molar-refractivity contribution in [1.29, 1.82) is 0 Å². The standard InChI is InChI=1S/C23H22Cl2N2O4S/c1-15-4-5-16(2)23(10-15)32(28,29)27-26-13-17-6-9-21(22(11-17)30-3)31-14-18-7-8-19(24)12-20(18)25/h4-13,27H,14H2,1-3H3. The van der Waals surface area contributed by atoms with Gasteiger partial charge in [-0.2, -0.15) is 13.5 Å². The molecule has 3 rings (SSSR count). The number of nitrogens with one attached hydrogen (secondary N) is 1. The summed E-state index contributed by atoms with van der Waals surface area (Å²) in [4.78, 5) is 2.44. The maximum atomic E-state index is 12.6. The first-order valence-corrected chi connectivity index (χ1v) is 11.8. The third-order valence-electron chi connectivity index (χ3n) is 4.61. The van der Waals surface area contributed by atoms with Crippen molar-refractivity contribution in [2.75, 3.05) is 7.11 Å². The Balaban J connectivity index is 1.71. The Morgan fingerprint density at radius 1 is 1.00 bits per heavy atom. The molecule has 0 fully saturated rings. The molecule has 168 valence electrons. The van der Waals surface area contributed by atoms with Crippen LogP contribution in [0.1, 0.15) is 22.3 Å². The fourth-order valence-electron chi connectivity index (χ4n) is 2.89. The largest absolute Gasteiger partial charge is 0.493 e. The summed E-state index contributed by atoms with van der Waals surface area (Å²) in [5.41, 5.74) is 2.90. The van der Waals surface area contributed by atoms with Crippen LogP contribution in [-0.2, 0) is 16.6 Å². The number of aryl methyl sites for hydroxylation is 2. The SMILES string of the molecule is COc1cc(C=NNS(=O)(=O)c2cc(C)ccc2C)ccc1OCc1ccc(Cl)cc1Cl. The molecule has 9 heteroatoms. The lowest BCUT2D eigenvalue weighted by atomic mass is 10.2. The van der Waals surface area contributed by atoms with Crippen LogP contribution in [0.3, 0.4) is 0 Å². The van der Waals surface area contributed by atoms with E-state index in [-0.39, 0.29) is 11.5 Å². The maximum absolute atomic E-state index is 12.6. The minimum absolute atomic E-state index is 0.192. The number of benzene rings is 3. The summed E-state index contributed by atoms with van der Waals surface area (Å²) in [5, 5.41) is 4.95. The lowest BCUT2D eigenvalue weighted by Crippen LogP contribution is -2.19. The Morgan fingerprint density at radius 2 is 1.78 bits per heavy atom. The average Bonchev–Trinajstić information content (AvgIpc) is 2.75. The predicted octanol–water partition coefficient (Wildman–Crippen LogP) is 5.51. The second-order valence-corrected chi connectivity index (χ2v) is 9.53. The molecule has 0 bridgehead atoms. The molecule has 0 unspecified atom stereocenters. The first kappa shape index (κ1) is 23.9. The molecule has 0 amide bonds. The number of hydrogen-bond donors (Lipinski definition) is 1. The van der Waals surface area contributed by atoms with Gasteiger partial charge in [0, 0.05) is 15.6 Å². The highest BCUT2D eigenvalue weighted by molar-refractivity contribution is 7.89. The molecule has 1 N–H and O–H groups in total. The Kier molecular flexibility index (Phi) is 7.66. The first-order chi connectivity index (χ1) is 15.2. The molecule has 0 aliphatic rings. The molecule has 0 spiro atoms. The zero-order chi connectivity index (χ0) is 23.3. The molecule has 0 radical (unpaired) electrons. The van der Waals surface area contributed by atoms with Gasteiger partial charge in [0.05, 0.1) is 18.2 Å². The van der Waals surface area contributed by atoms with E-state index in [2.05, 4.69) is 9.93 Å². The van der Waals surface area contributed by atoms with Crippen LogP contribution in [0.4, 0.5) is 0 Å². The van der Waals surface area contributed by atoms with E-state index in [0.29, 0.717) is 32.7 Å². The van der Waals surface area contributed by atoms with Crippen molar-refractivity contribution < 1.29 is 17.9 Å². The van der Waals surface area contributed by atoms with Crippen LogP contribution in [-0.4, -0.2) is 21.7 Å². The fourth-order valence-corrected chi connectivity index (χ4v) is 4.48. The van der Waals surface area contributed by atoms with Crippen molar-refractivity contribution >= 4 is 39.4 Å². The van der Waals surface area contributed by atoms with Gasteiger partial charge in [0.1, 0.15) is 6.61 Å². The second-order valence-electron chi connectivity index (χ2n) is 7.06. The van der Waals surface area contributed by atoms with Gasteiger partial charge in [-0.05, 0) is 66.9 Å². The number of methoxy groups -OCH3 is 1. The molecule has 0 saturated heterocycles. The highest BCUT2D eigenvalue weighted by atomic mass is 35.5. The van der Waals surface area contributed by atoms with Crippen molar-refractivity contribution in [3.63, 3.8) is 0 Å². The van der Waals surface area contributed by atoms with Gasteiger partial charge in [0.25, 0.3) is 10.0 Å². The highest BCUT2D eigenvalue weighted by Gasteiger charge is 2.16. The zero-order valence-corrected chi connectivity index (χ0v) is 20.1. The minimum atomic E-state index is -3.78. The van der Waals surface area contributed by atoms with Crippen LogP contribution in [0.25, 0.3) is 0 Å². The summed E-state index contributed by atoms with van der Waals surface area (Å²) >= 11 is 12.1. The topological polar surface area (TPSA) is 77.0 Å². The summed E-state index contributed by atoms with van der Waals surface area (Å²) in [7, 11) is -2.26. The Bertz CT molecular complexity index is 1260. The Morgan fingerprint density at radius 3 is 2.50 bits per heavy atom. The molecular formula is C23H22Cl2N2O4S. The molecule has 3 aromatic rings. The molecule has 0 aliphatic heterocycles. The Hall–Kier alpha value is -2.74. The van der Waals surface area contributed by atoms with Crippen molar-refractivity contribution in [3.8, 4) is 11.5 Å². The Labute approximate surface area is 197 Å². The lowest BCUT2D eigenvalue weighted by molar-refractivity contribution is 0.284. The monoisotopic (exact) mass is 492 g/mol. The van der Waals surface area contributed by atoms with Crippen LogP contribution in [0.2, 0.25) is 10.0 Å². The quantitative estimate of drug-likeness (QED) is 0.332. The zero-order valence-electron chi connectivity index (χ0n) is 17.7. The highest BCUT2D eigenvalue weighted by Crippen LogP contribution is 2.30. The molecule has 0 saturated carbocycles. The number of ether oxygens (including phenoxy) is 2. The van der Waals surface area contributed by atoms with Crippen LogP contribution >= 0.6 is 23.2 Å². The summed E-state index contributed by atoms with van der Waals surface area (Å²) in [6.45, 7) is 3.80. The van der Waals surface area contributed by atoms with Crippen molar-refractivity contribution in [3.05, 3.63) is 86.9 Å². The predicted molar refractivity (Wildman–Crippen MR) is 128 cm³/mol. The molecule has 0 heterocycles. The molecule has 32 heavy (non-hydrogen) atoms. The van der Waals surface area contributed by atoms with Crippen molar-refractivity contribution in [2.24, 2.45) is 5.10 Å². The molecule has 0 aromatic heterocycles. The van der Waals surface area contributed by atoms with Gasteiger partial charge >= 0.3 is 0 Å². The third kappa shape index (κ3) is 5.94. The molecular weight excluding hydrogens is 471 g/mol. The molecule has 6 nitrogen and oxygen atoms in total. The molecule has 0 atom stereocenters. The lowest BCUT2D eigenvalue weighted by Gasteiger charge is -2.12. The van der Waals surface area contributed by atoms with Gasteiger partial charge in [-0.15, -0.1) is 0 Å². The van der Waals surface area contributed by atoms with E-state index in [9.17, 15) is 8.42 Å². The summed E-state index contributed by atoms with van der Waals surface area (Å²) < 4.78 is 36.3. The second kappa shape index (κ2) is 10.3. The first-order valence-electron chi connectivity index (χ1n) is 9.56. The van der Waals surface area contributed by atoms with Gasteiger partial charge < -0.3 is 9.47 Å². The number of hydrogen-bond acceptors (Lipinski definition) is 5. The summed E-state index contributed by atoms with van der Waals surface area (Å²) in [6.07, 6.45) is 1.39. The summed E-state index contributed by atoms with van der Waals surface area (Å²) in [6, 6.07) is 15.5. The van der Waals surface area contributed by atoms with E-state index in [1.165, 1.54) is 13.3 Å². The van der Waals surface area contributed by atoms with Crippen LogP contribution in [0.5, 0.6) is 11.5 Å². The molecule has 0 aliphatic carbocycles.